The number of nitrogens with zero attached hydrogens (tertiary/aromatic N) is 1. The summed E-state index contributed by atoms with van der Waals surface area (Å²) in [4.78, 5) is 16.2. The van der Waals surface area contributed by atoms with Gasteiger partial charge in [-0.1, -0.05) is 30.3 Å². The molecule has 0 fully saturated rings. The average molecular weight is 353 g/mol. The molecule has 1 heterocycles. The summed E-state index contributed by atoms with van der Waals surface area (Å²) in [5.41, 5.74) is 2.15. The lowest BCUT2D eigenvalue weighted by Crippen LogP contribution is -2.15. The molecule has 0 saturated carbocycles. The van der Waals surface area contributed by atoms with Crippen LogP contribution in [0.4, 0.5) is 26.0 Å². The molecule has 4 nitrogen and oxygen atoms in total. The van der Waals surface area contributed by atoms with E-state index in [0.717, 1.165) is 11.1 Å². The summed E-state index contributed by atoms with van der Waals surface area (Å²) in [6.45, 7) is 1.95. The van der Waals surface area contributed by atoms with Gasteiger partial charge in [0.15, 0.2) is 0 Å². The number of benzene rings is 2. The van der Waals surface area contributed by atoms with E-state index >= 15 is 0 Å². The summed E-state index contributed by atoms with van der Waals surface area (Å²) in [6, 6.07) is 14.4. The number of aromatic nitrogens is 1. The minimum Gasteiger partial charge on any atom is -0.349 e. The van der Waals surface area contributed by atoms with Crippen molar-refractivity contribution in [1.29, 1.82) is 0 Å². The van der Waals surface area contributed by atoms with Gasteiger partial charge in [0.05, 0.1) is 18.3 Å². The first kappa shape index (κ1) is 17.5. The third-order valence-electron chi connectivity index (χ3n) is 3.88. The minimum atomic E-state index is -0.694. The molecule has 0 aliphatic rings. The van der Waals surface area contributed by atoms with Gasteiger partial charge in [0.25, 0.3) is 0 Å². The molecule has 0 aliphatic heterocycles. The van der Waals surface area contributed by atoms with Crippen LogP contribution in [0.2, 0.25) is 0 Å². The fourth-order valence-corrected chi connectivity index (χ4v) is 2.47. The summed E-state index contributed by atoms with van der Waals surface area (Å²) >= 11 is 0. The van der Waals surface area contributed by atoms with Gasteiger partial charge in [-0.05, 0) is 42.3 Å². The van der Waals surface area contributed by atoms with Crippen molar-refractivity contribution in [2.45, 2.75) is 13.3 Å². The maximum atomic E-state index is 13.6. The molecule has 0 saturated heterocycles. The number of carbonyl (C=O) groups is 1. The molecule has 0 unspecified atom stereocenters. The summed E-state index contributed by atoms with van der Waals surface area (Å²) < 4.78 is 27.3. The number of anilines is 3. The molecule has 0 bridgehead atoms. The Morgan fingerprint density at radius 3 is 2.38 bits per heavy atom. The molecule has 3 aromatic rings. The summed E-state index contributed by atoms with van der Waals surface area (Å²) in [5, 5.41) is 5.35. The lowest BCUT2D eigenvalue weighted by atomic mass is 10.1. The third kappa shape index (κ3) is 4.22. The number of aryl methyl sites for hydroxylation is 1. The van der Waals surface area contributed by atoms with Crippen LogP contribution in [0, 0.1) is 18.6 Å². The number of halogens is 2. The van der Waals surface area contributed by atoms with Crippen molar-refractivity contribution < 1.29 is 13.6 Å². The number of hydrogen-bond acceptors (Lipinski definition) is 3. The second kappa shape index (κ2) is 7.74. The second-order valence-corrected chi connectivity index (χ2v) is 5.81. The zero-order valence-electron chi connectivity index (χ0n) is 14.1. The highest BCUT2D eigenvalue weighted by Gasteiger charge is 2.10. The monoisotopic (exact) mass is 353 g/mol. The topological polar surface area (TPSA) is 54.0 Å². The quantitative estimate of drug-likeness (QED) is 0.705. The highest BCUT2D eigenvalue weighted by atomic mass is 19.1. The summed E-state index contributed by atoms with van der Waals surface area (Å²) in [7, 11) is 0. The zero-order valence-corrected chi connectivity index (χ0v) is 14.1. The van der Waals surface area contributed by atoms with E-state index < -0.39 is 11.6 Å². The normalized spacial score (nSPS) is 10.4. The second-order valence-electron chi connectivity index (χ2n) is 5.81. The molecule has 0 radical (unpaired) electrons. The van der Waals surface area contributed by atoms with Crippen LogP contribution in [0.1, 0.15) is 11.1 Å². The Balaban J connectivity index is 1.64. The lowest BCUT2D eigenvalue weighted by molar-refractivity contribution is -0.115. The molecule has 0 aliphatic carbocycles. The van der Waals surface area contributed by atoms with E-state index in [0.29, 0.717) is 11.5 Å². The van der Waals surface area contributed by atoms with E-state index in [1.807, 2.05) is 31.2 Å². The van der Waals surface area contributed by atoms with E-state index in [1.165, 1.54) is 24.4 Å². The smallest absolute Gasteiger partial charge is 0.229 e. The van der Waals surface area contributed by atoms with Crippen LogP contribution in [0.5, 0.6) is 0 Å². The van der Waals surface area contributed by atoms with Crippen molar-refractivity contribution in [3.8, 4) is 0 Å². The van der Waals surface area contributed by atoms with Gasteiger partial charge in [0.1, 0.15) is 23.1 Å². The highest BCUT2D eigenvalue weighted by Crippen LogP contribution is 2.23. The Labute approximate surface area is 149 Å². The molecule has 0 atom stereocenters. The predicted octanol–water partition coefficient (Wildman–Crippen LogP) is 4.59. The number of nitrogens with one attached hydrogen (secondary N) is 2. The van der Waals surface area contributed by atoms with Gasteiger partial charge in [0, 0.05) is 0 Å². The first-order valence-electron chi connectivity index (χ1n) is 8.04. The summed E-state index contributed by atoms with van der Waals surface area (Å²) in [6.07, 6.45) is 1.64. The van der Waals surface area contributed by atoms with Crippen molar-refractivity contribution in [1.82, 2.24) is 4.98 Å². The number of pyridine rings is 1. The van der Waals surface area contributed by atoms with Crippen LogP contribution in [-0.2, 0) is 11.2 Å². The van der Waals surface area contributed by atoms with E-state index in [-0.39, 0.29) is 18.0 Å². The summed E-state index contributed by atoms with van der Waals surface area (Å²) in [5.74, 6) is -1.21. The largest absolute Gasteiger partial charge is 0.349 e. The van der Waals surface area contributed by atoms with Crippen LogP contribution in [0.25, 0.3) is 0 Å². The standard InChI is InChI=1S/C20H17F2N3O/c1-13-5-2-3-6-14(13)11-19(26)25-18-10-9-15(12-23-18)24-20-16(21)7-4-8-17(20)22/h2-10,12,24H,11H2,1H3,(H,23,25,26). The first-order valence-corrected chi connectivity index (χ1v) is 8.04. The number of amides is 1. The molecule has 2 aromatic carbocycles. The predicted molar refractivity (Wildman–Crippen MR) is 97.4 cm³/mol. The average Bonchev–Trinajstić information content (AvgIpc) is 2.62. The van der Waals surface area contributed by atoms with Gasteiger partial charge >= 0.3 is 0 Å². The molecule has 3 rings (SSSR count). The molecule has 0 spiro atoms. The van der Waals surface area contributed by atoms with Gasteiger partial charge in [-0.3, -0.25) is 4.79 Å². The highest BCUT2D eigenvalue weighted by molar-refractivity contribution is 5.91. The maximum absolute atomic E-state index is 13.6. The fraction of sp³-hybridized carbons (Fsp3) is 0.100. The van der Waals surface area contributed by atoms with Gasteiger partial charge in [-0.2, -0.15) is 0 Å². The van der Waals surface area contributed by atoms with Crippen molar-refractivity contribution in [2.75, 3.05) is 10.6 Å². The van der Waals surface area contributed by atoms with Crippen molar-refractivity contribution in [3.05, 3.63) is 83.6 Å². The Morgan fingerprint density at radius 1 is 1.00 bits per heavy atom. The van der Waals surface area contributed by atoms with Crippen LogP contribution in [0.3, 0.4) is 0 Å². The SMILES string of the molecule is Cc1ccccc1CC(=O)Nc1ccc(Nc2c(F)cccc2F)cn1. The van der Waals surface area contributed by atoms with E-state index in [9.17, 15) is 13.6 Å². The van der Waals surface area contributed by atoms with E-state index in [4.69, 9.17) is 0 Å². The number of rotatable bonds is 5. The Morgan fingerprint density at radius 2 is 1.73 bits per heavy atom. The van der Waals surface area contributed by atoms with Crippen LogP contribution < -0.4 is 10.6 Å². The molecule has 1 amide bonds. The van der Waals surface area contributed by atoms with E-state index in [2.05, 4.69) is 15.6 Å². The van der Waals surface area contributed by atoms with Crippen LogP contribution in [-0.4, -0.2) is 10.9 Å². The Bertz CT molecular complexity index is 906. The first-order chi connectivity index (χ1) is 12.5. The molecule has 26 heavy (non-hydrogen) atoms. The van der Waals surface area contributed by atoms with Crippen LogP contribution >= 0.6 is 0 Å². The van der Waals surface area contributed by atoms with E-state index in [1.54, 1.807) is 12.1 Å². The fourth-order valence-electron chi connectivity index (χ4n) is 2.47. The Kier molecular flexibility index (Phi) is 5.22. The molecule has 1 aromatic heterocycles. The lowest BCUT2D eigenvalue weighted by Gasteiger charge is -2.10. The number of para-hydroxylation sites is 1. The molecular formula is C20H17F2N3O. The van der Waals surface area contributed by atoms with Crippen molar-refractivity contribution >= 4 is 23.1 Å². The Hall–Kier alpha value is -3.28. The van der Waals surface area contributed by atoms with Gasteiger partial charge in [-0.25, -0.2) is 13.8 Å². The third-order valence-corrected chi connectivity index (χ3v) is 3.88. The number of hydrogen-bond donors (Lipinski definition) is 2. The minimum absolute atomic E-state index is 0.187. The van der Waals surface area contributed by atoms with Gasteiger partial charge in [-0.15, -0.1) is 0 Å². The molecule has 2 N–H and O–H groups in total. The molecule has 6 heteroatoms. The van der Waals surface area contributed by atoms with Crippen molar-refractivity contribution in [3.63, 3.8) is 0 Å². The van der Waals surface area contributed by atoms with Crippen molar-refractivity contribution in [2.24, 2.45) is 0 Å². The maximum Gasteiger partial charge on any atom is 0.229 e. The molecular weight excluding hydrogens is 336 g/mol. The number of carbonyl (C=O) groups excluding carboxylic acids is 1. The van der Waals surface area contributed by atoms with Gasteiger partial charge in [0.2, 0.25) is 5.91 Å². The van der Waals surface area contributed by atoms with Crippen LogP contribution in [0.15, 0.2) is 60.8 Å². The zero-order chi connectivity index (χ0) is 18.5. The van der Waals surface area contributed by atoms with Gasteiger partial charge < -0.3 is 10.6 Å². The molecule has 132 valence electrons.